The van der Waals surface area contributed by atoms with E-state index in [-0.39, 0.29) is 14.9 Å². The minimum atomic E-state index is -3.88. The lowest BCUT2D eigenvalue weighted by Gasteiger charge is -2.15. The Labute approximate surface area is 155 Å². The van der Waals surface area contributed by atoms with E-state index in [0.717, 1.165) is 5.39 Å². The maximum Gasteiger partial charge on any atom is 0.262 e. The molecule has 25 heavy (non-hydrogen) atoms. The Morgan fingerprint density at radius 3 is 2.36 bits per heavy atom. The van der Waals surface area contributed by atoms with Crippen LogP contribution >= 0.6 is 23.2 Å². The summed E-state index contributed by atoms with van der Waals surface area (Å²) in [5, 5.41) is 1.21. The molecule has 1 aromatic heterocycles. The first-order valence-corrected chi connectivity index (χ1v) is 9.42. The third kappa shape index (κ3) is 3.63. The van der Waals surface area contributed by atoms with Crippen LogP contribution in [0.4, 0.5) is 11.5 Å². The number of nitrogens with zero attached hydrogens (tertiary/aromatic N) is 3. The number of para-hydroxylation sites is 1. The van der Waals surface area contributed by atoms with E-state index in [9.17, 15) is 8.42 Å². The number of hydrogen-bond donors (Lipinski definition) is 1. The molecular weight excluding hydrogens is 383 g/mol. The summed E-state index contributed by atoms with van der Waals surface area (Å²) in [4.78, 5) is 10.3. The van der Waals surface area contributed by atoms with Crippen molar-refractivity contribution in [3.63, 3.8) is 0 Å². The molecule has 1 N–H and O–H groups in total. The van der Waals surface area contributed by atoms with Crippen LogP contribution in [0.2, 0.25) is 10.0 Å². The van der Waals surface area contributed by atoms with Gasteiger partial charge in [0.2, 0.25) is 0 Å². The topological polar surface area (TPSA) is 75.2 Å². The van der Waals surface area contributed by atoms with Gasteiger partial charge < -0.3 is 4.90 Å². The van der Waals surface area contributed by atoms with Crippen molar-refractivity contribution in [3.05, 3.63) is 52.8 Å². The molecule has 9 heteroatoms. The van der Waals surface area contributed by atoms with Gasteiger partial charge in [0.05, 0.1) is 16.1 Å². The summed E-state index contributed by atoms with van der Waals surface area (Å²) in [6.45, 7) is 0. The first kappa shape index (κ1) is 17.7. The van der Waals surface area contributed by atoms with Gasteiger partial charge in [-0.3, -0.25) is 4.72 Å². The molecule has 6 nitrogen and oxygen atoms in total. The molecule has 0 saturated heterocycles. The molecule has 0 aliphatic carbocycles. The normalized spacial score (nSPS) is 11.5. The first-order valence-electron chi connectivity index (χ1n) is 7.18. The van der Waals surface area contributed by atoms with Crippen molar-refractivity contribution in [3.8, 4) is 0 Å². The van der Waals surface area contributed by atoms with Crippen LogP contribution in [0.3, 0.4) is 0 Å². The number of anilines is 2. The predicted octanol–water partition coefficient (Wildman–Crippen LogP) is 3.80. The highest BCUT2D eigenvalue weighted by Gasteiger charge is 2.18. The number of hydrogen-bond acceptors (Lipinski definition) is 5. The molecule has 2 aromatic carbocycles. The van der Waals surface area contributed by atoms with Crippen LogP contribution in [-0.4, -0.2) is 32.5 Å². The van der Waals surface area contributed by atoms with E-state index < -0.39 is 10.0 Å². The fourth-order valence-corrected chi connectivity index (χ4v) is 4.19. The van der Waals surface area contributed by atoms with Crippen LogP contribution in [0.5, 0.6) is 0 Å². The van der Waals surface area contributed by atoms with Crippen LogP contribution < -0.4 is 9.62 Å². The summed E-state index contributed by atoms with van der Waals surface area (Å²) in [6, 6.07) is 9.34. The molecule has 130 valence electrons. The summed E-state index contributed by atoms with van der Waals surface area (Å²) < 4.78 is 27.9. The lowest BCUT2D eigenvalue weighted by atomic mass is 10.2. The Kier molecular flexibility index (Phi) is 4.73. The second kappa shape index (κ2) is 6.67. The molecule has 0 radical (unpaired) electrons. The van der Waals surface area contributed by atoms with Crippen molar-refractivity contribution in [2.24, 2.45) is 0 Å². The standard InChI is InChI=1S/C16H14Cl2N4O2S/c1-22(2)16-13-4-3-5-14(15(13)19-9-20-16)21-25(23,24)12-7-10(17)6-11(18)8-12/h3-9,21H,1-2H3. The number of aromatic nitrogens is 2. The molecule has 0 spiro atoms. The first-order chi connectivity index (χ1) is 11.8. The largest absolute Gasteiger partial charge is 0.362 e. The highest BCUT2D eigenvalue weighted by Crippen LogP contribution is 2.29. The average molecular weight is 397 g/mol. The summed E-state index contributed by atoms with van der Waals surface area (Å²) in [7, 11) is -0.168. The van der Waals surface area contributed by atoms with Gasteiger partial charge in [-0.1, -0.05) is 29.3 Å². The summed E-state index contributed by atoms with van der Waals surface area (Å²) in [5.41, 5.74) is 0.844. The molecule has 0 saturated carbocycles. The van der Waals surface area contributed by atoms with Gasteiger partial charge in [-0.2, -0.15) is 0 Å². The number of fused-ring (bicyclic) bond motifs is 1. The fraction of sp³-hybridized carbons (Fsp3) is 0.125. The maximum absolute atomic E-state index is 12.7. The van der Waals surface area contributed by atoms with Crippen LogP contribution in [0.1, 0.15) is 0 Å². The summed E-state index contributed by atoms with van der Waals surface area (Å²) >= 11 is 11.8. The molecule has 0 aliphatic rings. The summed E-state index contributed by atoms with van der Waals surface area (Å²) in [6.07, 6.45) is 1.39. The van der Waals surface area contributed by atoms with E-state index in [1.54, 1.807) is 12.1 Å². The number of benzene rings is 2. The Balaban J connectivity index is 2.10. The van der Waals surface area contributed by atoms with Crippen molar-refractivity contribution < 1.29 is 8.42 Å². The third-order valence-corrected chi connectivity index (χ3v) is 5.24. The Hall–Kier alpha value is -2.09. The van der Waals surface area contributed by atoms with Gasteiger partial charge in [-0.05, 0) is 30.3 Å². The molecule has 0 bridgehead atoms. The average Bonchev–Trinajstić information content (AvgIpc) is 2.53. The molecule has 0 unspecified atom stereocenters. The second-order valence-electron chi connectivity index (χ2n) is 5.50. The SMILES string of the molecule is CN(C)c1ncnc2c(NS(=O)(=O)c3cc(Cl)cc(Cl)c3)cccc12. The van der Waals surface area contributed by atoms with Gasteiger partial charge in [0.1, 0.15) is 12.1 Å². The Morgan fingerprint density at radius 2 is 1.72 bits per heavy atom. The van der Waals surface area contributed by atoms with Gasteiger partial charge in [0.15, 0.2) is 0 Å². The molecule has 1 heterocycles. The highest BCUT2D eigenvalue weighted by atomic mass is 35.5. The van der Waals surface area contributed by atoms with Crippen molar-refractivity contribution >= 4 is 55.6 Å². The highest BCUT2D eigenvalue weighted by molar-refractivity contribution is 7.92. The van der Waals surface area contributed by atoms with E-state index in [1.165, 1.54) is 24.5 Å². The van der Waals surface area contributed by atoms with Gasteiger partial charge in [-0.25, -0.2) is 18.4 Å². The third-order valence-electron chi connectivity index (χ3n) is 3.46. The minimum absolute atomic E-state index is 0.0242. The summed E-state index contributed by atoms with van der Waals surface area (Å²) in [5.74, 6) is 0.692. The second-order valence-corrected chi connectivity index (χ2v) is 8.06. The Bertz CT molecular complexity index is 1030. The molecule has 0 aliphatic heterocycles. The van der Waals surface area contributed by atoms with Crippen molar-refractivity contribution in [1.82, 2.24) is 9.97 Å². The van der Waals surface area contributed by atoms with Gasteiger partial charge in [0, 0.05) is 29.5 Å². The van der Waals surface area contributed by atoms with E-state index in [0.29, 0.717) is 17.0 Å². The van der Waals surface area contributed by atoms with E-state index in [4.69, 9.17) is 23.2 Å². The fourth-order valence-electron chi connectivity index (χ4n) is 2.40. The lowest BCUT2D eigenvalue weighted by Crippen LogP contribution is -2.15. The monoisotopic (exact) mass is 396 g/mol. The zero-order valence-electron chi connectivity index (χ0n) is 13.4. The van der Waals surface area contributed by atoms with Crippen molar-refractivity contribution in [1.29, 1.82) is 0 Å². The smallest absolute Gasteiger partial charge is 0.262 e. The Morgan fingerprint density at radius 1 is 1.04 bits per heavy atom. The predicted molar refractivity (Wildman–Crippen MR) is 101 cm³/mol. The quantitative estimate of drug-likeness (QED) is 0.725. The molecular formula is C16H14Cl2N4O2S. The molecule has 3 aromatic rings. The van der Waals surface area contributed by atoms with E-state index in [1.807, 2.05) is 25.1 Å². The molecule has 0 fully saturated rings. The van der Waals surface area contributed by atoms with E-state index in [2.05, 4.69) is 14.7 Å². The zero-order valence-corrected chi connectivity index (χ0v) is 15.7. The van der Waals surface area contributed by atoms with Gasteiger partial charge in [-0.15, -0.1) is 0 Å². The molecule has 0 atom stereocenters. The number of nitrogens with one attached hydrogen (secondary N) is 1. The molecule has 0 amide bonds. The van der Waals surface area contributed by atoms with Crippen LogP contribution in [-0.2, 0) is 10.0 Å². The minimum Gasteiger partial charge on any atom is -0.362 e. The zero-order chi connectivity index (χ0) is 18.2. The van der Waals surface area contributed by atoms with Crippen LogP contribution in [0, 0.1) is 0 Å². The molecule has 3 rings (SSSR count). The maximum atomic E-state index is 12.7. The van der Waals surface area contributed by atoms with Crippen LogP contribution in [0.15, 0.2) is 47.6 Å². The number of sulfonamides is 1. The van der Waals surface area contributed by atoms with Crippen molar-refractivity contribution in [2.45, 2.75) is 4.90 Å². The lowest BCUT2D eigenvalue weighted by molar-refractivity contribution is 0.601. The van der Waals surface area contributed by atoms with Gasteiger partial charge >= 0.3 is 0 Å². The number of halogens is 2. The van der Waals surface area contributed by atoms with Gasteiger partial charge in [0.25, 0.3) is 10.0 Å². The van der Waals surface area contributed by atoms with Crippen molar-refractivity contribution in [2.75, 3.05) is 23.7 Å². The van der Waals surface area contributed by atoms with Crippen LogP contribution in [0.25, 0.3) is 10.9 Å². The van der Waals surface area contributed by atoms with E-state index >= 15 is 0 Å². The number of rotatable bonds is 4.